The molecule has 0 aromatic carbocycles. The van der Waals surface area contributed by atoms with Gasteiger partial charge in [-0.3, -0.25) is 0 Å². The van der Waals surface area contributed by atoms with Crippen molar-refractivity contribution in [2.75, 3.05) is 0 Å². The molecular formula is C30H52O4. The molecular weight excluding hydrogens is 424 g/mol. The Morgan fingerprint density at radius 1 is 0.853 bits per heavy atom. The van der Waals surface area contributed by atoms with Crippen LogP contribution in [0, 0.1) is 34.5 Å². The Bertz CT molecular complexity index is 794. The number of aliphatic hydroxyl groups is 3. The van der Waals surface area contributed by atoms with Crippen LogP contribution < -0.4 is 0 Å². The van der Waals surface area contributed by atoms with Crippen LogP contribution in [0.25, 0.3) is 0 Å². The van der Waals surface area contributed by atoms with Gasteiger partial charge in [-0.25, -0.2) is 0 Å². The summed E-state index contributed by atoms with van der Waals surface area (Å²) in [6.45, 7) is 17.6. The molecule has 0 spiro atoms. The Balaban J connectivity index is 1.59. The zero-order valence-electron chi connectivity index (χ0n) is 23.2. The first-order chi connectivity index (χ1) is 15.5. The van der Waals surface area contributed by atoms with E-state index in [-0.39, 0.29) is 22.9 Å². The normalized spacial score (nSPS) is 50.5. The Morgan fingerprint density at radius 2 is 1.50 bits per heavy atom. The van der Waals surface area contributed by atoms with Crippen LogP contribution in [-0.2, 0) is 4.74 Å². The number of fused-ring (bicyclic) bond motifs is 2. The molecule has 2 saturated carbocycles. The summed E-state index contributed by atoms with van der Waals surface area (Å²) in [6.07, 6.45) is 10.2. The van der Waals surface area contributed by atoms with Gasteiger partial charge >= 0.3 is 0 Å². The van der Waals surface area contributed by atoms with Gasteiger partial charge < -0.3 is 20.1 Å². The van der Waals surface area contributed by atoms with E-state index in [0.29, 0.717) is 17.8 Å². The molecule has 0 aromatic rings. The van der Waals surface area contributed by atoms with E-state index in [2.05, 4.69) is 33.8 Å². The zero-order chi connectivity index (χ0) is 25.3. The fraction of sp³-hybridized carbons (Fsp3) is 0.933. The second kappa shape index (κ2) is 8.57. The maximum absolute atomic E-state index is 11.7. The van der Waals surface area contributed by atoms with E-state index in [4.69, 9.17) is 4.74 Å². The lowest BCUT2D eigenvalue weighted by atomic mass is 9.55. The van der Waals surface area contributed by atoms with Crippen LogP contribution in [0.15, 0.2) is 11.6 Å². The summed E-state index contributed by atoms with van der Waals surface area (Å²) in [7, 11) is 0. The van der Waals surface area contributed by atoms with Crippen molar-refractivity contribution >= 4 is 0 Å². The van der Waals surface area contributed by atoms with Crippen LogP contribution in [0.2, 0.25) is 0 Å². The Hall–Kier alpha value is -0.420. The van der Waals surface area contributed by atoms with Crippen molar-refractivity contribution in [3.63, 3.8) is 0 Å². The molecule has 3 unspecified atom stereocenters. The minimum absolute atomic E-state index is 0.0676. The van der Waals surface area contributed by atoms with Gasteiger partial charge in [-0.2, -0.15) is 0 Å². The van der Waals surface area contributed by atoms with E-state index < -0.39 is 22.9 Å². The molecule has 1 aliphatic heterocycles. The van der Waals surface area contributed by atoms with Gasteiger partial charge in [0, 0.05) is 0 Å². The molecule has 0 bridgehead atoms. The van der Waals surface area contributed by atoms with Gasteiger partial charge in [-0.05, 0) is 127 Å². The molecule has 196 valence electrons. The molecule has 0 radical (unpaired) electrons. The summed E-state index contributed by atoms with van der Waals surface area (Å²) < 4.78 is 6.59. The van der Waals surface area contributed by atoms with Crippen LogP contribution in [-0.4, -0.2) is 44.3 Å². The highest BCUT2D eigenvalue weighted by atomic mass is 16.5. The van der Waals surface area contributed by atoms with Gasteiger partial charge in [0.1, 0.15) is 0 Å². The minimum Gasteiger partial charge on any atom is -0.390 e. The second-order valence-electron chi connectivity index (χ2n) is 14.5. The highest BCUT2D eigenvalue weighted by molar-refractivity contribution is 5.17. The quantitative estimate of drug-likeness (QED) is 0.436. The number of aliphatic hydroxyl groups excluding tert-OH is 1. The molecule has 3 fully saturated rings. The lowest BCUT2D eigenvalue weighted by Crippen LogP contribution is -2.56. The van der Waals surface area contributed by atoms with Crippen LogP contribution >= 0.6 is 0 Å². The molecule has 3 N–H and O–H groups in total. The summed E-state index contributed by atoms with van der Waals surface area (Å²) in [6, 6.07) is 0. The summed E-state index contributed by atoms with van der Waals surface area (Å²) in [5.41, 5.74) is -0.412. The van der Waals surface area contributed by atoms with Gasteiger partial charge in [0.05, 0.1) is 29.0 Å². The molecule has 0 aromatic heterocycles. The highest BCUT2D eigenvalue weighted by Gasteiger charge is 2.57. The van der Waals surface area contributed by atoms with E-state index in [0.717, 1.165) is 57.8 Å². The van der Waals surface area contributed by atoms with Crippen molar-refractivity contribution in [1.29, 1.82) is 0 Å². The van der Waals surface area contributed by atoms with E-state index in [1.165, 1.54) is 5.57 Å². The number of allylic oxidation sites excluding steroid dienone is 2. The third kappa shape index (κ3) is 4.33. The Morgan fingerprint density at radius 3 is 2.18 bits per heavy atom. The first kappa shape index (κ1) is 26.6. The maximum Gasteiger partial charge on any atom is 0.0888 e. The average molecular weight is 477 g/mol. The predicted molar refractivity (Wildman–Crippen MR) is 137 cm³/mol. The fourth-order valence-corrected chi connectivity index (χ4v) is 9.08. The van der Waals surface area contributed by atoms with Crippen LogP contribution in [0.4, 0.5) is 0 Å². The van der Waals surface area contributed by atoms with Crippen molar-refractivity contribution in [2.24, 2.45) is 34.5 Å². The fourth-order valence-electron chi connectivity index (χ4n) is 9.08. The SMILES string of the molecule is CC1=CCC2C(CC[C@@]2(C)O)C(C)(C)[C@@H]1CC[C@H]1[C@@](C)(O)CCC2OC(C)(C)[C@H](O)CC[C@@]21C. The molecule has 34 heavy (non-hydrogen) atoms. The topological polar surface area (TPSA) is 69.9 Å². The molecule has 1 heterocycles. The Kier molecular flexibility index (Phi) is 6.71. The molecule has 9 atom stereocenters. The third-order valence-corrected chi connectivity index (χ3v) is 11.5. The summed E-state index contributed by atoms with van der Waals surface area (Å²) >= 11 is 0. The lowest BCUT2D eigenvalue weighted by Gasteiger charge is -2.54. The monoisotopic (exact) mass is 476 g/mol. The van der Waals surface area contributed by atoms with Crippen molar-refractivity contribution in [1.82, 2.24) is 0 Å². The van der Waals surface area contributed by atoms with Crippen molar-refractivity contribution in [3.05, 3.63) is 11.6 Å². The first-order valence-electron chi connectivity index (χ1n) is 14.0. The third-order valence-electron chi connectivity index (χ3n) is 11.5. The molecule has 4 rings (SSSR count). The summed E-state index contributed by atoms with van der Waals surface area (Å²) in [5.74, 6) is 1.44. The first-order valence-corrected chi connectivity index (χ1v) is 14.0. The van der Waals surface area contributed by atoms with Gasteiger partial charge in [0.2, 0.25) is 0 Å². The van der Waals surface area contributed by atoms with Gasteiger partial charge in [0.25, 0.3) is 0 Å². The van der Waals surface area contributed by atoms with Crippen LogP contribution in [0.5, 0.6) is 0 Å². The standard InChI is InChI=1S/C30H52O4/c1-19-9-10-22-21(13-17-29(22,7)32)26(2,3)20(19)11-12-23-28(6)16-14-24(31)27(4,5)34-25(28)15-18-30(23,8)33/h9,20-25,31-33H,10-18H2,1-8H3/t20-,21?,22?,23-,24-,25?,28-,29-,30+/m1/s1. The van der Waals surface area contributed by atoms with Crippen molar-refractivity contribution in [2.45, 2.75) is 142 Å². The molecule has 0 amide bonds. The molecule has 3 aliphatic carbocycles. The van der Waals surface area contributed by atoms with Crippen LogP contribution in [0.1, 0.15) is 113 Å². The lowest BCUT2D eigenvalue weighted by molar-refractivity contribution is -0.206. The molecule has 1 saturated heterocycles. The van der Waals surface area contributed by atoms with E-state index in [1.54, 1.807) is 0 Å². The number of ether oxygens (including phenoxy) is 1. The zero-order valence-corrected chi connectivity index (χ0v) is 23.2. The van der Waals surface area contributed by atoms with E-state index in [1.807, 2.05) is 27.7 Å². The average Bonchev–Trinajstić information content (AvgIpc) is 2.93. The number of hydrogen-bond donors (Lipinski definition) is 3. The summed E-state index contributed by atoms with van der Waals surface area (Å²) in [4.78, 5) is 0. The molecule has 4 heteroatoms. The van der Waals surface area contributed by atoms with Gasteiger partial charge in [-0.15, -0.1) is 0 Å². The smallest absolute Gasteiger partial charge is 0.0888 e. The predicted octanol–water partition coefficient (Wildman–Crippen LogP) is 6.02. The number of rotatable bonds is 3. The number of hydrogen-bond acceptors (Lipinski definition) is 4. The molecule has 4 aliphatic rings. The van der Waals surface area contributed by atoms with Gasteiger partial charge in [-0.1, -0.05) is 32.4 Å². The van der Waals surface area contributed by atoms with E-state index in [9.17, 15) is 15.3 Å². The Labute approximate surface area is 208 Å². The van der Waals surface area contributed by atoms with Crippen molar-refractivity contribution in [3.8, 4) is 0 Å². The van der Waals surface area contributed by atoms with E-state index >= 15 is 0 Å². The van der Waals surface area contributed by atoms with Gasteiger partial charge in [0.15, 0.2) is 0 Å². The minimum atomic E-state index is -0.722. The largest absolute Gasteiger partial charge is 0.390 e. The molecule has 4 nitrogen and oxygen atoms in total. The second-order valence-corrected chi connectivity index (χ2v) is 14.5. The maximum atomic E-state index is 11.7. The van der Waals surface area contributed by atoms with Crippen LogP contribution in [0.3, 0.4) is 0 Å². The van der Waals surface area contributed by atoms with Crippen molar-refractivity contribution < 1.29 is 20.1 Å². The summed E-state index contributed by atoms with van der Waals surface area (Å²) in [5, 5.41) is 33.5. The highest BCUT2D eigenvalue weighted by Crippen LogP contribution is 2.59.